The molecule has 1 aliphatic heterocycles. The van der Waals surface area contributed by atoms with Gasteiger partial charge in [-0.1, -0.05) is 24.3 Å². The Kier molecular flexibility index (Phi) is 6.70. The van der Waals surface area contributed by atoms with Crippen molar-refractivity contribution >= 4 is 21.8 Å². The largest absolute Gasteiger partial charge is 0.497 e. The fourth-order valence-corrected chi connectivity index (χ4v) is 4.99. The number of rotatable bonds is 8. The quantitative estimate of drug-likeness (QED) is 0.524. The molecule has 1 aliphatic rings. The van der Waals surface area contributed by atoms with E-state index in [-0.39, 0.29) is 18.0 Å². The molecule has 9 nitrogen and oxygen atoms in total. The molecule has 1 saturated heterocycles. The highest BCUT2D eigenvalue weighted by Crippen LogP contribution is 2.28. The van der Waals surface area contributed by atoms with E-state index in [4.69, 9.17) is 10.5 Å². The lowest BCUT2D eigenvalue weighted by atomic mass is 10.1. The molecular formula is C20H24N4O5S. The van der Waals surface area contributed by atoms with Gasteiger partial charge in [0.25, 0.3) is 5.91 Å². The van der Waals surface area contributed by atoms with Gasteiger partial charge in [0.15, 0.2) is 0 Å². The van der Waals surface area contributed by atoms with Gasteiger partial charge in [0, 0.05) is 6.54 Å². The van der Waals surface area contributed by atoms with E-state index in [1.165, 1.54) is 16.4 Å². The Morgan fingerprint density at radius 1 is 1.10 bits per heavy atom. The van der Waals surface area contributed by atoms with Crippen LogP contribution in [0.15, 0.2) is 53.4 Å². The average molecular weight is 433 g/mol. The van der Waals surface area contributed by atoms with Crippen molar-refractivity contribution in [2.45, 2.75) is 23.8 Å². The number of methoxy groups -OCH3 is 1. The Morgan fingerprint density at radius 3 is 2.27 bits per heavy atom. The van der Waals surface area contributed by atoms with E-state index in [9.17, 15) is 18.0 Å². The minimum absolute atomic E-state index is 0.115. The van der Waals surface area contributed by atoms with Gasteiger partial charge in [-0.05, 0) is 48.2 Å². The molecule has 0 aliphatic carbocycles. The van der Waals surface area contributed by atoms with Crippen molar-refractivity contribution in [1.29, 1.82) is 0 Å². The zero-order chi connectivity index (χ0) is 21.7. The van der Waals surface area contributed by atoms with Crippen molar-refractivity contribution in [3.8, 4) is 16.9 Å². The number of nitrogens with zero attached hydrogens (tertiary/aromatic N) is 1. The smallest absolute Gasteiger partial charge is 0.252 e. The van der Waals surface area contributed by atoms with Crippen molar-refractivity contribution in [1.82, 2.24) is 15.2 Å². The van der Waals surface area contributed by atoms with Crippen LogP contribution in [0, 0.1) is 0 Å². The SMILES string of the molecule is COc1ccc(-c2ccc(S(=O)(=O)N3CCC[C@H]3C(=O)NNCC(N)=O)cc2)cc1. The molecule has 1 fully saturated rings. The molecule has 3 rings (SSSR count). The van der Waals surface area contributed by atoms with Crippen LogP contribution in [0.3, 0.4) is 0 Å². The average Bonchev–Trinajstić information content (AvgIpc) is 3.25. The second-order valence-corrected chi connectivity index (χ2v) is 8.73. The first kappa shape index (κ1) is 21.8. The summed E-state index contributed by atoms with van der Waals surface area (Å²) in [5, 5.41) is 0. The molecule has 0 spiro atoms. The van der Waals surface area contributed by atoms with Crippen LogP contribution < -0.4 is 21.3 Å². The molecule has 0 bridgehead atoms. The lowest BCUT2D eigenvalue weighted by molar-refractivity contribution is -0.125. The number of nitrogens with one attached hydrogen (secondary N) is 2. The Bertz CT molecular complexity index is 1010. The van der Waals surface area contributed by atoms with Crippen molar-refractivity contribution < 1.29 is 22.7 Å². The molecule has 10 heteroatoms. The topological polar surface area (TPSA) is 131 Å². The molecule has 30 heavy (non-hydrogen) atoms. The van der Waals surface area contributed by atoms with Gasteiger partial charge in [-0.15, -0.1) is 0 Å². The third-order valence-corrected chi connectivity index (χ3v) is 6.79. The molecule has 0 unspecified atom stereocenters. The second-order valence-electron chi connectivity index (χ2n) is 6.84. The maximum absolute atomic E-state index is 13.1. The zero-order valence-electron chi connectivity index (χ0n) is 16.5. The molecule has 2 amide bonds. The predicted molar refractivity (Wildman–Crippen MR) is 111 cm³/mol. The number of nitrogens with two attached hydrogens (primary N) is 1. The maximum atomic E-state index is 13.1. The summed E-state index contributed by atoms with van der Waals surface area (Å²) in [6.45, 7) is 0.00844. The molecule has 0 aromatic heterocycles. The van der Waals surface area contributed by atoms with Crippen LogP contribution in [0.4, 0.5) is 0 Å². The Labute approximate surface area is 175 Å². The summed E-state index contributed by atoms with van der Waals surface area (Å²) in [5.74, 6) is -0.419. The number of carbonyl (C=O) groups is 2. The van der Waals surface area contributed by atoms with Gasteiger partial charge in [-0.3, -0.25) is 15.0 Å². The predicted octanol–water partition coefficient (Wildman–Crippen LogP) is 0.621. The Morgan fingerprint density at radius 2 is 1.70 bits per heavy atom. The van der Waals surface area contributed by atoms with Crippen LogP contribution in [0.5, 0.6) is 5.75 Å². The fourth-order valence-electron chi connectivity index (χ4n) is 3.33. The molecule has 0 radical (unpaired) electrons. The fraction of sp³-hybridized carbons (Fsp3) is 0.300. The highest BCUT2D eigenvalue weighted by molar-refractivity contribution is 7.89. The van der Waals surface area contributed by atoms with Gasteiger partial charge in [0.1, 0.15) is 11.8 Å². The number of hydrogen-bond acceptors (Lipinski definition) is 6. The van der Waals surface area contributed by atoms with E-state index in [1.807, 2.05) is 24.3 Å². The van der Waals surface area contributed by atoms with E-state index < -0.39 is 27.9 Å². The van der Waals surface area contributed by atoms with Crippen molar-refractivity contribution in [2.24, 2.45) is 5.73 Å². The highest BCUT2D eigenvalue weighted by Gasteiger charge is 2.39. The van der Waals surface area contributed by atoms with Crippen LogP contribution in [0.25, 0.3) is 11.1 Å². The zero-order valence-corrected chi connectivity index (χ0v) is 17.3. The maximum Gasteiger partial charge on any atom is 0.252 e. The summed E-state index contributed by atoms with van der Waals surface area (Å²) in [5.41, 5.74) is 11.5. The van der Waals surface area contributed by atoms with Gasteiger partial charge in [-0.2, -0.15) is 4.31 Å². The van der Waals surface area contributed by atoms with Gasteiger partial charge in [0.2, 0.25) is 15.9 Å². The summed E-state index contributed by atoms with van der Waals surface area (Å²) in [6, 6.07) is 13.1. The standard InChI is InChI=1S/C20H24N4O5S/c1-29-16-8-4-14(5-9-16)15-6-10-17(11-7-15)30(27,28)24-12-2-3-18(24)20(26)23-22-13-19(21)25/h4-11,18,22H,2-3,12-13H2,1H3,(H2,21,25)(H,23,26)/t18-/m0/s1. The number of hydrogen-bond donors (Lipinski definition) is 3. The number of benzene rings is 2. The third kappa shape index (κ3) is 4.78. The van der Waals surface area contributed by atoms with Crippen molar-refractivity contribution in [3.63, 3.8) is 0 Å². The molecule has 1 heterocycles. The van der Waals surface area contributed by atoms with Crippen LogP contribution in [-0.2, 0) is 19.6 Å². The summed E-state index contributed by atoms with van der Waals surface area (Å²) >= 11 is 0. The Balaban J connectivity index is 1.75. The van der Waals surface area contributed by atoms with Crippen molar-refractivity contribution in [2.75, 3.05) is 20.2 Å². The Hall–Kier alpha value is -2.95. The second kappa shape index (κ2) is 9.24. The number of sulfonamides is 1. The van der Waals surface area contributed by atoms with Crippen molar-refractivity contribution in [3.05, 3.63) is 48.5 Å². The normalized spacial score (nSPS) is 16.9. The molecule has 0 saturated carbocycles. The van der Waals surface area contributed by atoms with Gasteiger partial charge >= 0.3 is 0 Å². The number of ether oxygens (including phenoxy) is 1. The first-order valence-corrected chi connectivity index (χ1v) is 10.8. The molecular weight excluding hydrogens is 408 g/mol. The minimum Gasteiger partial charge on any atom is -0.497 e. The lowest BCUT2D eigenvalue weighted by Crippen LogP contribution is -2.51. The van der Waals surface area contributed by atoms with E-state index in [0.29, 0.717) is 12.8 Å². The van der Waals surface area contributed by atoms with E-state index in [2.05, 4.69) is 10.9 Å². The molecule has 2 aromatic carbocycles. The minimum atomic E-state index is -3.85. The monoisotopic (exact) mass is 432 g/mol. The third-order valence-electron chi connectivity index (χ3n) is 4.86. The van der Waals surface area contributed by atoms with Crippen LogP contribution in [0.1, 0.15) is 12.8 Å². The lowest BCUT2D eigenvalue weighted by Gasteiger charge is -2.23. The number of primary amides is 1. The molecule has 1 atom stereocenters. The highest BCUT2D eigenvalue weighted by atomic mass is 32.2. The number of carbonyl (C=O) groups excluding carboxylic acids is 2. The van der Waals surface area contributed by atoms with Crippen LogP contribution in [0.2, 0.25) is 0 Å². The molecule has 2 aromatic rings. The summed E-state index contributed by atoms with van der Waals surface area (Å²) in [6.07, 6.45) is 0.963. The van der Waals surface area contributed by atoms with E-state index >= 15 is 0 Å². The van der Waals surface area contributed by atoms with E-state index in [1.54, 1.807) is 19.2 Å². The summed E-state index contributed by atoms with van der Waals surface area (Å²) in [7, 11) is -2.26. The summed E-state index contributed by atoms with van der Waals surface area (Å²) in [4.78, 5) is 23.2. The van der Waals surface area contributed by atoms with Crippen LogP contribution >= 0.6 is 0 Å². The van der Waals surface area contributed by atoms with Gasteiger partial charge in [-0.25, -0.2) is 13.8 Å². The van der Waals surface area contributed by atoms with Gasteiger partial charge < -0.3 is 10.5 Å². The number of hydrazine groups is 1. The number of amides is 2. The summed E-state index contributed by atoms with van der Waals surface area (Å²) < 4.78 is 32.5. The molecule has 4 N–H and O–H groups in total. The van der Waals surface area contributed by atoms with Gasteiger partial charge in [0.05, 0.1) is 18.6 Å². The molecule has 160 valence electrons. The van der Waals surface area contributed by atoms with Crippen LogP contribution in [-0.4, -0.2) is 50.8 Å². The first-order valence-electron chi connectivity index (χ1n) is 9.40. The van der Waals surface area contributed by atoms with E-state index in [0.717, 1.165) is 16.9 Å². The first-order chi connectivity index (χ1) is 14.3.